The maximum Gasteiger partial charge on any atom is -0.00329 e. The van der Waals surface area contributed by atoms with Crippen LogP contribution in [0.25, 0.3) is 10.8 Å². The molecule has 0 unspecified atom stereocenters. The van der Waals surface area contributed by atoms with Crippen LogP contribution in [-0.2, 0) is 5.41 Å². The highest BCUT2D eigenvalue weighted by molar-refractivity contribution is 5.90. The molecule has 0 nitrogen and oxygen atoms in total. The summed E-state index contributed by atoms with van der Waals surface area (Å²) in [5, 5.41) is 3.07. The highest BCUT2D eigenvalue weighted by Crippen LogP contribution is 2.61. The molecule has 0 aliphatic heterocycles. The summed E-state index contributed by atoms with van der Waals surface area (Å²) in [6.45, 7) is 4.65. The van der Waals surface area contributed by atoms with E-state index >= 15 is 0 Å². The van der Waals surface area contributed by atoms with Crippen LogP contribution in [-0.4, -0.2) is 0 Å². The molecule has 0 saturated heterocycles. The molecule has 0 spiro atoms. The molecule has 4 aliphatic rings. The van der Waals surface area contributed by atoms with Gasteiger partial charge in [-0.25, -0.2) is 0 Å². The Morgan fingerprint density at radius 3 is 1.91 bits per heavy atom. The lowest BCUT2D eigenvalue weighted by atomic mass is 9.47. The first-order valence-corrected chi connectivity index (χ1v) is 9.67. The molecule has 6 rings (SSSR count). The molecule has 0 radical (unpaired) electrons. The zero-order valence-electron chi connectivity index (χ0n) is 14.5. The van der Waals surface area contributed by atoms with E-state index in [1.54, 1.807) is 10.9 Å². The zero-order chi connectivity index (χ0) is 15.6. The Morgan fingerprint density at radius 2 is 1.35 bits per heavy atom. The van der Waals surface area contributed by atoms with Crippen molar-refractivity contribution < 1.29 is 0 Å². The van der Waals surface area contributed by atoms with Gasteiger partial charge in [-0.2, -0.15) is 0 Å². The predicted molar refractivity (Wildman–Crippen MR) is 97.9 cm³/mol. The fraction of sp³-hybridized carbons (Fsp3) is 0.565. The van der Waals surface area contributed by atoms with Gasteiger partial charge in [0.1, 0.15) is 0 Å². The lowest BCUT2D eigenvalue weighted by molar-refractivity contribution is -0.00450. The van der Waals surface area contributed by atoms with Gasteiger partial charge in [0.2, 0.25) is 0 Å². The van der Waals surface area contributed by atoms with Crippen LogP contribution in [0.15, 0.2) is 36.4 Å². The van der Waals surface area contributed by atoms with Crippen LogP contribution in [0.4, 0.5) is 0 Å². The highest BCUT2D eigenvalue weighted by atomic mass is 14.6. The smallest absolute Gasteiger partial charge is 0.00329 e. The molecule has 0 heteroatoms. The van der Waals surface area contributed by atoms with Crippen molar-refractivity contribution in [2.45, 2.75) is 63.7 Å². The standard InChI is InChI=1S/C23H28/c1-15(2)19-7-8-22(21-6-4-3-5-20(19)21)23-12-16-9-17(13-23)11-18(10-16)14-23/h3-8,15-18H,9-14H2,1-2H3. The van der Waals surface area contributed by atoms with E-state index < -0.39 is 0 Å². The molecule has 0 N–H and O–H groups in total. The molecule has 4 bridgehead atoms. The lowest BCUT2D eigenvalue weighted by Gasteiger charge is -2.57. The van der Waals surface area contributed by atoms with Crippen molar-refractivity contribution in [2.75, 3.05) is 0 Å². The van der Waals surface area contributed by atoms with Gasteiger partial charge in [0, 0.05) is 0 Å². The maximum atomic E-state index is 2.52. The Balaban J connectivity index is 1.71. The molecule has 120 valence electrons. The van der Waals surface area contributed by atoms with Gasteiger partial charge in [-0.3, -0.25) is 0 Å². The Labute approximate surface area is 140 Å². The molecule has 2 aromatic carbocycles. The average Bonchev–Trinajstić information content (AvgIpc) is 2.52. The van der Waals surface area contributed by atoms with Crippen molar-refractivity contribution in [3.63, 3.8) is 0 Å². The predicted octanol–water partition coefficient (Wildman–Crippen LogP) is 6.43. The minimum Gasteiger partial charge on any atom is -0.0616 e. The van der Waals surface area contributed by atoms with Crippen molar-refractivity contribution in [1.82, 2.24) is 0 Å². The Bertz CT molecular complexity index is 716. The topological polar surface area (TPSA) is 0 Å². The van der Waals surface area contributed by atoms with Gasteiger partial charge < -0.3 is 0 Å². The third-order valence-corrected chi connectivity index (χ3v) is 7.19. The molecule has 0 aromatic heterocycles. The van der Waals surface area contributed by atoms with Gasteiger partial charge in [0.05, 0.1) is 0 Å². The van der Waals surface area contributed by atoms with Crippen LogP contribution in [0.2, 0.25) is 0 Å². The van der Waals surface area contributed by atoms with Crippen molar-refractivity contribution in [1.29, 1.82) is 0 Å². The number of hydrogen-bond acceptors (Lipinski definition) is 0. The van der Waals surface area contributed by atoms with Crippen LogP contribution in [0.3, 0.4) is 0 Å². The van der Waals surface area contributed by atoms with Crippen LogP contribution >= 0.6 is 0 Å². The molecule has 0 heterocycles. The number of benzene rings is 2. The molecule has 4 fully saturated rings. The number of rotatable bonds is 2. The highest BCUT2D eigenvalue weighted by Gasteiger charge is 2.51. The second kappa shape index (κ2) is 4.85. The normalized spacial score (nSPS) is 35.3. The summed E-state index contributed by atoms with van der Waals surface area (Å²) < 4.78 is 0. The van der Waals surface area contributed by atoms with Gasteiger partial charge >= 0.3 is 0 Å². The minimum atomic E-state index is 0.504. The Kier molecular flexibility index (Phi) is 2.97. The van der Waals surface area contributed by atoms with E-state index in [2.05, 4.69) is 50.2 Å². The molecule has 0 atom stereocenters. The summed E-state index contributed by atoms with van der Waals surface area (Å²) in [5.74, 6) is 3.66. The van der Waals surface area contributed by atoms with E-state index in [1.165, 1.54) is 49.5 Å². The average molecular weight is 304 g/mol. The van der Waals surface area contributed by atoms with Gasteiger partial charge in [-0.1, -0.05) is 50.2 Å². The summed E-state index contributed by atoms with van der Waals surface area (Å²) in [6, 6.07) is 14.2. The number of hydrogen-bond donors (Lipinski definition) is 0. The van der Waals surface area contributed by atoms with Crippen LogP contribution in [0.5, 0.6) is 0 Å². The van der Waals surface area contributed by atoms with Crippen molar-refractivity contribution in [3.05, 3.63) is 47.5 Å². The third-order valence-electron chi connectivity index (χ3n) is 7.19. The minimum absolute atomic E-state index is 0.504. The van der Waals surface area contributed by atoms with Crippen LogP contribution in [0.1, 0.15) is 69.4 Å². The largest absolute Gasteiger partial charge is 0.0616 e. The van der Waals surface area contributed by atoms with E-state index in [-0.39, 0.29) is 0 Å². The molecule has 0 amide bonds. The fourth-order valence-corrected chi connectivity index (χ4v) is 6.73. The lowest BCUT2D eigenvalue weighted by Crippen LogP contribution is -2.48. The summed E-state index contributed by atoms with van der Waals surface area (Å²) in [4.78, 5) is 0. The molecule has 4 saturated carbocycles. The third kappa shape index (κ3) is 2.03. The van der Waals surface area contributed by atoms with E-state index in [4.69, 9.17) is 0 Å². The summed E-state index contributed by atoms with van der Waals surface area (Å²) >= 11 is 0. The van der Waals surface area contributed by atoms with Crippen LogP contribution in [0, 0.1) is 17.8 Å². The van der Waals surface area contributed by atoms with E-state index in [1.807, 2.05) is 0 Å². The molecular weight excluding hydrogens is 276 g/mol. The summed E-state index contributed by atoms with van der Waals surface area (Å²) in [7, 11) is 0. The van der Waals surface area contributed by atoms with Gasteiger partial charge in [0.25, 0.3) is 0 Å². The molecule has 2 aromatic rings. The van der Waals surface area contributed by atoms with Gasteiger partial charge in [-0.05, 0) is 89.5 Å². The fourth-order valence-electron chi connectivity index (χ4n) is 6.73. The molecule has 4 aliphatic carbocycles. The van der Waals surface area contributed by atoms with Crippen molar-refractivity contribution in [2.24, 2.45) is 17.8 Å². The molecule has 23 heavy (non-hydrogen) atoms. The first kappa shape index (κ1) is 14.1. The Hall–Kier alpha value is -1.30. The number of fused-ring (bicyclic) bond motifs is 1. The SMILES string of the molecule is CC(C)c1ccc(C23CC4CC(CC(C4)C2)C3)c2ccccc12. The molecular formula is C23H28. The van der Waals surface area contributed by atoms with Gasteiger partial charge in [0.15, 0.2) is 0 Å². The summed E-state index contributed by atoms with van der Waals surface area (Å²) in [5.41, 5.74) is 3.72. The monoisotopic (exact) mass is 304 g/mol. The quantitative estimate of drug-likeness (QED) is 0.599. The Morgan fingerprint density at radius 1 is 0.783 bits per heavy atom. The first-order valence-electron chi connectivity index (χ1n) is 9.67. The maximum absolute atomic E-state index is 2.52. The first-order chi connectivity index (χ1) is 11.1. The van der Waals surface area contributed by atoms with E-state index in [9.17, 15) is 0 Å². The van der Waals surface area contributed by atoms with E-state index in [0.29, 0.717) is 11.3 Å². The second-order valence-electron chi connectivity index (χ2n) is 9.10. The van der Waals surface area contributed by atoms with Crippen molar-refractivity contribution in [3.8, 4) is 0 Å². The van der Waals surface area contributed by atoms with Gasteiger partial charge in [-0.15, -0.1) is 0 Å². The zero-order valence-corrected chi connectivity index (χ0v) is 14.5. The van der Waals surface area contributed by atoms with Crippen LogP contribution < -0.4 is 0 Å². The summed E-state index contributed by atoms with van der Waals surface area (Å²) in [6.07, 6.45) is 8.97. The van der Waals surface area contributed by atoms with Crippen molar-refractivity contribution >= 4 is 10.8 Å². The second-order valence-corrected chi connectivity index (χ2v) is 9.10. The van der Waals surface area contributed by atoms with E-state index in [0.717, 1.165) is 17.8 Å².